The molecule has 2 rings (SSSR count). The molecule has 2 aliphatic rings. The van der Waals surface area contributed by atoms with Crippen molar-refractivity contribution < 1.29 is 19.1 Å². The zero-order chi connectivity index (χ0) is 20.1. The average Bonchev–Trinajstić information content (AvgIpc) is 2.62. The highest BCUT2D eigenvalue weighted by molar-refractivity contribution is 5.80. The second kappa shape index (κ2) is 9.37. The largest absolute Gasteiger partial charge is 0.459 e. The van der Waals surface area contributed by atoms with Gasteiger partial charge in [-0.1, -0.05) is 6.92 Å². The Bertz CT molecular complexity index is 506. The second-order valence-corrected chi connectivity index (χ2v) is 9.26. The number of nitrogens with one attached hydrogen (secondary N) is 2. The Hall–Kier alpha value is -1.14. The number of carbonyl (C=O) groups excluding carboxylic acids is 2. The molecule has 6 nitrogen and oxygen atoms in total. The molecule has 2 saturated heterocycles. The lowest BCUT2D eigenvalue weighted by Gasteiger charge is -2.38. The highest BCUT2D eigenvalue weighted by Gasteiger charge is 2.37. The van der Waals surface area contributed by atoms with Gasteiger partial charge in [-0.25, -0.2) is 0 Å². The van der Waals surface area contributed by atoms with Crippen molar-refractivity contribution in [3.8, 4) is 0 Å². The van der Waals surface area contributed by atoms with Gasteiger partial charge >= 0.3 is 11.9 Å². The predicted octanol–water partition coefficient (Wildman–Crippen LogP) is 2.66. The summed E-state index contributed by atoms with van der Waals surface area (Å²) >= 11 is 0. The Morgan fingerprint density at radius 3 is 1.70 bits per heavy atom. The van der Waals surface area contributed by atoms with E-state index >= 15 is 0 Å². The summed E-state index contributed by atoms with van der Waals surface area (Å²) in [5.41, 5.74) is -1.01. The van der Waals surface area contributed by atoms with Crippen molar-refractivity contribution in [1.82, 2.24) is 10.6 Å². The molecule has 0 bridgehead atoms. The summed E-state index contributed by atoms with van der Waals surface area (Å²) in [6.07, 6.45) is 4.07. The number of hydrogen-bond acceptors (Lipinski definition) is 6. The third-order valence-electron chi connectivity index (χ3n) is 6.26. The SMILES string of the molecule is CC(CC(=O)OC(C)(C)C1CCNCC1)C(=O)OC(C)(C)C1CCNCC1. The number of ether oxygens (including phenoxy) is 2. The molecule has 0 aromatic rings. The maximum Gasteiger partial charge on any atom is 0.309 e. The molecule has 0 saturated carbocycles. The van der Waals surface area contributed by atoms with E-state index < -0.39 is 17.1 Å². The van der Waals surface area contributed by atoms with Gasteiger partial charge in [0.1, 0.15) is 11.2 Å². The van der Waals surface area contributed by atoms with E-state index in [1.165, 1.54) is 0 Å². The van der Waals surface area contributed by atoms with Crippen LogP contribution in [0, 0.1) is 17.8 Å². The van der Waals surface area contributed by atoms with E-state index in [2.05, 4.69) is 10.6 Å². The summed E-state index contributed by atoms with van der Waals surface area (Å²) in [5, 5.41) is 6.66. The molecule has 0 amide bonds. The van der Waals surface area contributed by atoms with Crippen molar-refractivity contribution in [2.75, 3.05) is 26.2 Å². The molecule has 0 aliphatic carbocycles. The highest BCUT2D eigenvalue weighted by atomic mass is 16.6. The van der Waals surface area contributed by atoms with Gasteiger partial charge in [-0.3, -0.25) is 9.59 Å². The Balaban J connectivity index is 1.82. The van der Waals surface area contributed by atoms with Crippen LogP contribution in [0.25, 0.3) is 0 Å². The molecule has 2 fully saturated rings. The van der Waals surface area contributed by atoms with E-state index in [1.54, 1.807) is 6.92 Å². The van der Waals surface area contributed by atoms with Gasteiger partial charge in [-0.05, 0) is 79.6 Å². The first-order valence-electron chi connectivity index (χ1n) is 10.5. The molecule has 0 radical (unpaired) electrons. The van der Waals surface area contributed by atoms with Crippen molar-refractivity contribution in [2.45, 2.75) is 77.9 Å². The van der Waals surface area contributed by atoms with Crippen LogP contribution in [-0.4, -0.2) is 49.3 Å². The van der Waals surface area contributed by atoms with Gasteiger partial charge in [0.05, 0.1) is 12.3 Å². The maximum atomic E-state index is 12.6. The van der Waals surface area contributed by atoms with Crippen molar-refractivity contribution in [3.05, 3.63) is 0 Å². The molecule has 27 heavy (non-hydrogen) atoms. The standard InChI is InChI=1S/C21H38N2O4/c1-15(19(25)27-21(4,5)17-8-12-23-13-9-17)14-18(24)26-20(2,3)16-6-10-22-11-7-16/h15-17,22-23H,6-14H2,1-5H3. The first-order valence-corrected chi connectivity index (χ1v) is 10.5. The van der Waals surface area contributed by atoms with Crippen LogP contribution in [-0.2, 0) is 19.1 Å². The van der Waals surface area contributed by atoms with Crippen molar-refractivity contribution in [1.29, 1.82) is 0 Å². The van der Waals surface area contributed by atoms with Crippen LogP contribution in [0.2, 0.25) is 0 Å². The average molecular weight is 383 g/mol. The van der Waals surface area contributed by atoms with Crippen molar-refractivity contribution in [2.24, 2.45) is 17.8 Å². The van der Waals surface area contributed by atoms with Gasteiger partial charge in [-0.2, -0.15) is 0 Å². The Morgan fingerprint density at radius 1 is 0.852 bits per heavy atom. The Kier molecular flexibility index (Phi) is 7.69. The number of esters is 2. The monoisotopic (exact) mass is 382 g/mol. The minimum absolute atomic E-state index is 0.0650. The van der Waals surface area contributed by atoms with E-state index in [4.69, 9.17) is 9.47 Å². The van der Waals surface area contributed by atoms with E-state index in [-0.39, 0.29) is 18.4 Å². The molecule has 6 heteroatoms. The van der Waals surface area contributed by atoms with Crippen LogP contribution >= 0.6 is 0 Å². The highest BCUT2D eigenvalue weighted by Crippen LogP contribution is 2.31. The summed E-state index contributed by atoms with van der Waals surface area (Å²) in [4.78, 5) is 25.0. The number of rotatable bonds is 7. The molecule has 0 aromatic carbocycles. The first-order chi connectivity index (χ1) is 12.6. The van der Waals surface area contributed by atoms with Crippen molar-refractivity contribution in [3.63, 3.8) is 0 Å². The summed E-state index contributed by atoms with van der Waals surface area (Å²) in [6, 6.07) is 0. The molecule has 0 spiro atoms. The summed E-state index contributed by atoms with van der Waals surface area (Å²) in [5.74, 6) is -0.426. The molecule has 2 N–H and O–H groups in total. The third-order valence-corrected chi connectivity index (χ3v) is 6.26. The zero-order valence-corrected chi connectivity index (χ0v) is 17.7. The van der Waals surface area contributed by atoms with E-state index in [1.807, 2.05) is 27.7 Å². The second-order valence-electron chi connectivity index (χ2n) is 9.26. The topological polar surface area (TPSA) is 76.7 Å². The smallest absolute Gasteiger partial charge is 0.309 e. The van der Waals surface area contributed by atoms with Crippen LogP contribution < -0.4 is 10.6 Å². The third kappa shape index (κ3) is 6.46. The minimum atomic E-state index is -0.508. The van der Waals surface area contributed by atoms with Gasteiger partial charge in [0.15, 0.2) is 0 Å². The minimum Gasteiger partial charge on any atom is -0.459 e. The molecule has 1 unspecified atom stereocenters. The summed E-state index contributed by atoms with van der Waals surface area (Å²) < 4.78 is 11.6. The van der Waals surface area contributed by atoms with E-state index in [9.17, 15) is 9.59 Å². The normalized spacial score (nSPS) is 21.5. The molecular formula is C21H38N2O4. The van der Waals surface area contributed by atoms with Gasteiger partial charge in [0, 0.05) is 11.8 Å². The molecular weight excluding hydrogens is 344 g/mol. The van der Waals surface area contributed by atoms with Gasteiger partial charge in [0.2, 0.25) is 0 Å². The van der Waals surface area contributed by atoms with Crippen LogP contribution in [0.5, 0.6) is 0 Å². The van der Waals surface area contributed by atoms with Crippen LogP contribution in [0.4, 0.5) is 0 Å². The lowest BCUT2D eigenvalue weighted by Crippen LogP contribution is -2.44. The fourth-order valence-electron chi connectivity index (χ4n) is 4.23. The number of hydrogen-bond donors (Lipinski definition) is 2. The predicted molar refractivity (Wildman–Crippen MR) is 105 cm³/mol. The van der Waals surface area contributed by atoms with Crippen LogP contribution in [0.1, 0.15) is 66.7 Å². The Morgan fingerprint density at radius 2 is 1.26 bits per heavy atom. The van der Waals surface area contributed by atoms with E-state index in [0.717, 1.165) is 51.9 Å². The summed E-state index contributed by atoms with van der Waals surface area (Å²) in [6.45, 7) is 13.5. The van der Waals surface area contributed by atoms with Gasteiger partial charge in [-0.15, -0.1) is 0 Å². The van der Waals surface area contributed by atoms with Crippen LogP contribution in [0.3, 0.4) is 0 Å². The fraction of sp³-hybridized carbons (Fsp3) is 0.905. The zero-order valence-electron chi connectivity index (χ0n) is 17.7. The first kappa shape index (κ1) is 22.2. The maximum absolute atomic E-state index is 12.6. The number of carbonyl (C=O) groups is 2. The van der Waals surface area contributed by atoms with Crippen molar-refractivity contribution >= 4 is 11.9 Å². The number of piperidine rings is 2. The molecule has 2 heterocycles. The molecule has 1 atom stereocenters. The molecule has 0 aromatic heterocycles. The van der Waals surface area contributed by atoms with Gasteiger partial charge in [0.25, 0.3) is 0 Å². The lowest BCUT2D eigenvalue weighted by molar-refractivity contribution is -0.174. The van der Waals surface area contributed by atoms with E-state index in [0.29, 0.717) is 11.8 Å². The fourth-order valence-corrected chi connectivity index (χ4v) is 4.23. The molecule has 156 valence electrons. The molecule has 2 aliphatic heterocycles. The summed E-state index contributed by atoms with van der Waals surface area (Å²) in [7, 11) is 0. The lowest BCUT2D eigenvalue weighted by atomic mass is 9.83. The Labute approximate surface area is 164 Å². The van der Waals surface area contributed by atoms with Crippen LogP contribution in [0.15, 0.2) is 0 Å². The van der Waals surface area contributed by atoms with Gasteiger partial charge < -0.3 is 20.1 Å². The quantitative estimate of drug-likeness (QED) is 0.659.